The van der Waals surface area contributed by atoms with E-state index in [2.05, 4.69) is 15.3 Å². The molecule has 2 N–H and O–H groups in total. The number of nitrogens with one attached hydrogen (secondary N) is 1. The summed E-state index contributed by atoms with van der Waals surface area (Å²) >= 11 is 5.96. The average Bonchev–Trinajstić information content (AvgIpc) is 2.11. The molecule has 5 heteroatoms. The van der Waals surface area contributed by atoms with Crippen molar-refractivity contribution in [2.24, 2.45) is 0 Å². The lowest BCUT2D eigenvalue weighted by atomic mass is 9.90. The highest BCUT2D eigenvalue weighted by Crippen LogP contribution is 2.26. The lowest BCUT2D eigenvalue weighted by molar-refractivity contribution is 0.0835. The Balaban J connectivity index is 2.11. The Labute approximate surface area is 93.7 Å². The van der Waals surface area contributed by atoms with Gasteiger partial charge in [-0.15, -0.1) is 0 Å². The molecule has 0 bridgehead atoms. The van der Waals surface area contributed by atoms with E-state index >= 15 is 0 Å². The van der Waals surface area contributed by atoms with Gasteiger partial charge in [-0.1, -0.05) is 11.6 Å². The summed E-state index contributed by atoms with van der Waals surface area (Å²) in [6.45, 7) is 3.78. The summed E-state index contributed by atoms with van der Waals surface area (Å²) < 4.78 is 0. The summed E-state index contributed by atoms with van der Waals surface area (Å²) in [5, 5.41) is 12.7. The molecular formula is C10H14ClN3O. The lowest BCUT2D eigenvalue weighted by Crippen LogP contribution is -2.39. The van der Waals surface area contributed by atoms with E-state index in [-0.39, 0.29) is 12.1 Å². The Morgan fingerprint density at radius 2 is 1.87 bits per heavy atom. The largest absolute Gasteiger partial charge is 0.393 e. The number of anilines is 1. The number of nitrogens with zero attached hydrogens (tertiary/aromatic N) is 2. The van der Waals surface area contributed by atoms with Gasteiger partial charge >= 0.3 is 0 Å². The fourth-order valence-corrected chi connectivity index (χ4v) is 1.79. The summed E-state index contributed by atoms with van der Waals surface area (Å²) in [7, 11) is 0. The number of aliphatic hydroxyl groups excluding tert-OH is 1. The van der Waals surface area contributed by atoms with Crippen LogP contribution in [0.3, 0.4) is 0 Å². The zero-order valence-electron chi connectivity index (χ0n) is 8.79. The van der Waals surface area contributed by atoms with Crippen molar-refractivity contribution in [3.63, 3.8) is 0 Å². The number of aliphatic hydroxyl groups is 1. The molecule has 1 aromatic heterocycles. The second-order valence-corrected chi connectivity index (χ2v) is 4.36. The van der Waals surface area contributed by atoms with Crippen LogP contribution in [0.5, 0.6) is 0 Å². The maximum absolute atomic E-state index is 9.16. The molecule has 0 atom stereocenters. The minimum atomic E-state index is -0.180. The molecule has 0 amide bonds. The molecule has 0 saturated heterocycles. The number of aromatic nitrogens is 2. The van der Waals surface area contributed by atoms with Gasteiger partial charge in [0.15, 0.2) is 11.0 Å². The van der Waals surface area contributed by atoms with E-state index in [0.717, 1.165) is 24.2 Å². The summed E-state index contributed by atoms with van der Waals surface area (Å²) in [6.07, 6.45) is 1.33. The van der Waals surface area contributed by atoms with Gasteiger partial charge in [0.2, 0.25) is 0 Å². The molecule has 1 aliphatic carbocycles. The maximum atomic E-state index is 9.16. The van der Waals surface area contributed by atoms with Crippen LogP contribution in [-0.2, 0) is 0 Å². The minimum absolute atomic E-state index is 0.180. The van der Waals surface area contributed by atoms with Crippen LogP contribution < -0.4 is 5.32 Å². The minimum Gasteiger partial charge on any atom is -0.393 e. The predicted octanol–water partition coefficient (Wildman–Crippen LogP) is 1.68. The van der Waals surface area contributed by atoms with Crippen LogP contribution in [-0.4, -0.2) is 27.2 Å². The highest BCUT2D eigenvalue weighted by molar-refractivity contribution is 6.31. The summed E-state index contributed by atoms with van der Waals surface area (Å²) in [5.41, 5.74) is 1.72. The molecule has 1 heterocycles. The number of aryl methyl sites for hydroxylation is 2. The zero-order chi connectivity index (χ0) is 11.0. The first-order chi connectivity index (χ1) is 7.06. The smallest absolute Gasteiger partial charge is 0.171 e. The Kier molecular flexibility index (Phi) is 2.80. The van der Waals surface area contributed by atoms with Gasteiger partial charge < -0.3 is 10.4 Å². The molecule has 0 aromatic carbocycles. The molecule has 1 aromatic rings. The number of halogens is 1. The quantitative estimate of drug-likeness (QED) is 0.807. The van der Waals surface area contributed by atoms with Gasteiger partial charge in [0.05, 0.1) is 17.5 Å². The second kappa shape index (κ2) is 3.94. The van der Waals surface area contributed by atoms with E-state index in [1.54, 1.807) is 0 Å². The van der Waals surface area contributed by atoms with Gasteiger partial charge in [0.25, 0.3) is 0 Å². The Morgan fingerprint density at radius 3 is 2.47 bits per heavy atom. The van der Waals surface area contributed by atoms with Crippen LogP contribution in [0.4, 0.5) is 5.82 Å². The van der Waals surface area contributed by atoms with Crippen molar-refractivity contribution in [2.75, 3.05) is 5.32 Å². The Morgan fingerprint density at radius 1 is 1.27 bits per heavy atom. The summed E-state index contributed by atoms with van der Waals surface area (Å²) in [6, 6.07) is 0.272. The standard InChI is InChI=1S/C10H14ClN3O/c1-5-6(2)13-10(9(11)12-5)14-7-3-8(15)4-7/h7-8,15H,3-4H2,1-2H3,(H,13,14). The van der Waals surface area contributed by atoms with Gasteiger partial charge in [-0.05, 0) is 26.7 Å². The molecule has 1 fully saturated rings. The number of hydrogen-bond donors (Lipinski definition) is 2. The van der Waals surface area contributed by atoms with E-state index in [9.17, 15) is 0 Å². The van der Waals surface area contributed by atoms with Crippen molar-refractivity contribution in [3.05, 3.63) is 16.5 Å². The monoisotopic (exact) mass is 227 g/mol. The normalized spacial score (nSPS) is 24.8. The highest BCUT2D eigenvalue weighted by Gasteiger charge is 2.27. The van der Waals surface area contributed by atoms with E-state index < -0.39 is 0 Å². The first-order valence-corrected chi connectivity index (χ1v) is 5.39. The molecule has 1 aliphatic rings. The van der Waals surface area contributed by atoms with Gasteiger partial charge in [0, 0.05) is 6.04 Å². The predicted molar refractivity (Wildman–Crippen MR) is 59.2 cm³/mol. The fourth-order valence-electron chi connectivity index (χ4n) is 1.57. The van der Waals surface area contributed by atoms with Crippen LogP contribution in [0, 0.1) is 13.8 Å². The molecular weight excluding hydrogens is 214 g/mol. The van der Waals surface area contributed by atoms with Crippen LogP contribution in [0.2, 0.25) is 5.15 Å². The second-order valence-electron chi connectivity index (χ2n) is 4.00. The van der Waals surface area contributed by atoms with Crippen molar-refractivity contribution < 1.29 is 5.11 Å². The van der Waals surface area contributed by atoms with Crippen LogP contribution in [0.1, 0.15) is 24.2 Å². The molecule has 1 saturated carbocycles. The molecule has 0 unspecified atom stereocenters. The summed E-state index contributed by atoms with van der Waals surface area (Å²) in [4.78, 5) is 8.51. The topological polar surface area (TPSA) is 58.0 Å². The van der Waals surface area contributed by atoms with Crippen LogP contribution in [0.15, 0.2) is 0 Å². The SMILES string of the molecule is Cc1nc(Cl)c(NC2CC(O)C2)nc1C. The maximum Gasteiger partial charge on any atom is 0.171 e. The number of rotatable bonds is 2. The third-order valence-corrected chi connectivity index (χ3v) is 2.98. The van der Waals surface area contributed by atoms with Crippen LogP contribution in [0.25, 0.3) is 0 Å². The third-order valence-electron chi connectivity index (χ3n) is 2.72. The van der Waals surface area contributed by atoms with Crippen molar-refractivity contribution in [1.82, 2.24) is 9.97 Å². The van der Waals surface area contributed by atoms with E-state index in [1.165, 1.54) is 0 Å². The van der Waals surface area contributed by atoms with Crippen molar-refractivity contribution in [2.45, 2.75) is 38.8 Å². The average molecular weight is 228 g/mol. The summed E-state index contributed by atoms with van der Waals surface area (Å²) in [5.74, 6) is 0.622. The molecule has 0 spiro atoms. The van der Waals surface area contributed by atoms with Gasteiger partial charge in [-0.3, -0.25) is 0 Å². The van der Waals surface area contributed by atoms with E-state index in [1.807, 2.05) is 13.8 Å². The van der Waals surface area contributed by atoms with E-state index in [4.69, 9.17) is 16.7 Å². The van der Waals surface area contributed by atoms with Crippen LogP contribution >= 0.6 is 11.6 Å². The first-order valence-electron chi connectivity index (χ1n) is 5.01. The van der Waals surface area contributed by atoms with Gasteiger partial charge in [-0.2, -0.15) is 0 Å². The number of hydrogen-bond acceptors (Lipinski definition) is 4. The molecule has 15 heavy (non-hydrogen) atoms. The molecule has 0 radical (unpaired) electrons. The molecule has 82 valence electrons. The van der Waals surface area contributed by atoms with Crippen molar-refractivity contribution >= 4 is 17.4 Å². The Bertz CT molecular complexity index is 377. The third kappa shape index (κ3) is 2.21. The fraction of sp³-hybridized carbons (Fsp3) is 0.600. The highest BCUT2D eigenvalue weighted by atomic mass is 35.5. The van der Waals surface area contributed by atoms with Gasteiger partial charge in [-0.25, -0.2) is 9.97 Å². The first kappa shape index (κ1) is 10.6. The molecule has 0 aliphatic heterocycles. The Hall–Kier alpha value is -0.870. The molecule has 4 nitrogen and oxygen atoms in total. The van der Waals surface area contributed by atoms with E-state index in [0.29, 0.717) is 11.0 Å². The molecule has 2 rings (SSSR count). The lowest BCUT2D eigenvalue weighted by Gasteiger charge is -2.32. The van der Waals surface area contributed by atoms with Gasteiger partial charge in [0.1, 0.15) is 0 Å². The van der Waals surface area contributed by atoms with Crippen molar-refractivity contribution in [1.29, 1.82) is 0 Å². The zero-order valence-corrected chi connectivity index (χ0v) is 9.54. The van der Waals surface area contributed by atoms with Crippen molar-refractivity contribution in [3.8, 4) is 0 Å².